The minimum atomic E-state index is -0.596. The van der Waals surface area contributed by atoms with Gasteiger partial charge in [0.15, 0.2) is 11.9 Å². The van der Waals surface area contributed by atoms with Crippen LogP contribution < -0.4 is 10.5 Å². The minimum Gasteiger partial charge on any atom is -0.483 e. The second-order valence-corrected chi connectivity index (χ2v) is 2.74. The standard InChI is InChI=1S/C9H11FN2O2/c1-6(9(11)12-13)14-8-4-2-3-7(10)5-8/h2-6,13H,1H3,(H2,11,12). The van der Waals surface area contributed by atoms with E-state index in [-0.39, 0.29) is 5.84 Å². The lowest BCUT2D eigenvalue weighted by molar-refractivity contribution is 0.265. The lowest BCUT2D eigenvalue weighted by atomic mass is 10.3. The van der Waals surface area contributed by atoms with Crippen molar-refractivity contribution in [3.05, 3.63) is 30.1 Å². The summed E-state index contributed by atoms with van der Waals surface area (Å²) in [6, 6.07) is 5.63. The Hall–Kier alpha value is -1.78. The van der Waals surface area contributed by atoms with Gasteiger partial charge < -0.3 is 15.7 Å². The molecule has 0 aliphatic heterocycles. The van der Waals surface area contributed by atoms with Crippen LogP contribution in [-0.2, 0) is 0 Å². The van der Waals surface area contributed by atoms with Crippen molar-refractivity contribution < 1.29 is 14.3 Å². The highest BCUT2D eigenvalue weighted by atomic mass is 19.1. The van der Waals surface area contributed by atoms with Crippen molar-refractivity contribution in [3.8, 4) is 5.75 Å². The first kappa shape index (κ1) is 10.3. The Bertz CT molecular complexity index is 341. The number of nitrogens with two attached hydrogens (primary N) is 1. The van der Waals surface area contributed by atoms with Gasteiger partial charge in [-0.3, -0.25) is 0 Å². The van der Waals surface area contributed by atoms with Gasteiger partial charge in [0.1, 0.15) is 11.6 Å². The van der Waals surface area contributed by atoms with Crippen LogP contribution in [-0.4, -0.2) is 17.1 Å². The monoisotopic (exact) mass is 198 g/mol. The summed E-state index contributed by atoms with van der Waals surface area (Å²) in [7, 11) is 0. The van der Waals surface area contributed by atoms with Gasteiger partial charge in [0.25, 0.3) is 0 Å². The average molecular weight is 198 g/mol. The second-order valence-electron chi connectivity index (χ2n) is 2.74. The largest absolute Gasteiger partial charge is 0.483 e. The molecule has 0 spiro atoms. The zero-order valence-electron chi connectivity index (χ0n) is 7.64. The minimum absolute atomic E-state index is 0.0609. The fourth-order valence-corrected chi connectivity index (χ4v) is 0.886. The third-order valence-corrected chi connectivity index (χ3v) is 1.64. The number of hydrogen-bond acceptors (Lipinski definition) is 3. The van der Waals surface area contributed by atoms with Crippen LogP contribution in [0.2, 0.25) is 0 Å². The summed E-state index contributed by atoms with van der Waals surface area (Å²) in [6.07, 6.45) is -0.596. The van der Waals surface area contributed by atoms with Crippen LogP contribution in [0.3, 0.4) is 0 Å². The molecule has 4 nitrogen and oxygen atoms in total. The highest BCUT2D eigenvalue weighted by Crippen LogP contribution is 2.13. The van der Waals surface area contributed by atoms with Crippen molar-refractivity contribution in [2.24, 2.45) is 10.9 Å². The van der Waals surface area contributed by atoms with Crippen molar-refractivity contribution >= 4 is 5.84 Å². The molecule has 76 valence electrons. The fraction of sp³-hybridized carbons (Fsp3) is 0.222. The maximum atomic E-state index is 12.7. The summed E-state index contributed by atoms with van der Waals surface area (Å²) in [6.45, 7) is 1.60. The number of amidine groups is 1. The van der Waals surface area contributed by atoms with E-state index in [0.717, 1.165) is 0 Å². The van der Waals surface area contributed by atoms with Crippen LogP contribution in [0.5, 0.6) is 5.75 Å². The van der Waals surface area contributed by atoms with E-state index >= 15 is 0 Å². The molecular weight excluding hydrogens is 187 g/mol. The van der Waals surface area contributed by atoms with Crippen molar-refractivity contribution in [2.45, 2.75) is 13.0 Å². The van der Waals surface area contributed by atoms with E-state index in [9.17, 15) is 4.39 Å². The Morgan fingerprint density at radius 1 is 1.64 bits per heavy atom. The number of hydrogen-bond donors (Lipinski definition) is 2. The van der Waals surface area contributed by atoms with Crippen LogP contribution in [0.15, 0.2) is 29.4 Å². The number of benzene rings is 1. The number of rotatable bonds is 3. The van der Waals surface area contributed by atoms with Gasteiger partial charge in [-0.2, -0.15) is 0 Å². The fourth-order valence-electron chi connectivity index (χ4n) is 0.886. The van der Waals surface area contributed by atoms with E-state index in [0.29, 0.717) is 5.75 Å². The molecule has 0 bridgehead atoms. The quantitative estimate of drug-likeness (QED) is 0.333. The van der Waals surface area contributed by atoms with E-state index < -0.39 is 11.9 Å². The van der Waals surface area contributed by atoms with Crippen LogP contribution in [0.1, 0.15) is 6.92 Å². The first-order chi connectivity index (χ1) is 6.63. The average Bonchev–Trinajstić information content (AvgIpc) is 2.16. The van der Waals surface area contributed by atoms with Crippen molar-refractivity contribution in [1.29, 1.82) is 0 Å². The molecular formula is C9H11FN2O2. The molecule has 0 heterocycles. The van der Waals surface area contributed by atoms with Gasteiger partial charge >= 0.3 is 0 Å². The lowest BCUT2D eigenvalue weighted by Gasteiger charge is -2.12. The maximum absolute atomic E-state index is 12.7. The number of ether oxygens (including phenoxy) is 1. The van der Waals surface area contributed by atoms with E-state index in [1.165, 1.54) is 18.2 Å². The molecule has 0 amide bonds. The first-order valence-corrected chi connectivity index (χ1v) is 4.03. The van der Waals surface area contributed by atoms with Crippen LogP contribution >= 0.6 is 0 Å². The summed E-state index contributed by atoms with van der Waals surface area (Å²) in [4.78, 5) is 0. The first-order valence-electron chi connectivity index (χ1n) is 4.03. The molecule has 14 heavy (non-hydrogen) atoms. The molecule has 0 aliphatic carbocycles. The van der Waals surface area contributed by atoms with Crippen LogP contribution in [0.25, 0.3) is 0 Å². The van der Waals surface area contributed by atoms with Gasteiger partial charge in [-0.05, 0) is 19.1 Å². The summed E-state index contributed by atoms with van der Waals surface area (Å²) in [5.41, 5.74) is 5.28. The third-order valence-electron chi connectivity index (χ3n) is 1.64. The molecule has 1 unspecified atom stereocenters. The Balaban J connectivity index is 2.69. The SMILES string of the molecule is CC(Oc1cccc(F)c1)C(N)=NO. The molecule has 0 fully saturated rings. The van der Waals surface area contributed by atoms with Crippen LogP contribution in [0, 0.1) is 5.82 Å². The summed E-state index contributed by atoms with van der Waals surface area (Å²) < 4.78 is 17.9. The molecule has 3 N–H and O–H groups in total. The lowest BCUT2D eigenvalue weighted by Crippen LogP contribution is -2.31. The van der Waals surface area contributed by atoms with Gasteiger partial charge in [-0.25, -0.2) is 4.39 Å². The molecule has 0 saturated heterocycles. The Kier molecular flexibility index (Phi) is 3.28. The summed E-state index contributed by atoms with van der Waals surface area (Å²) >= 11 is 0. The molecule has 0 aliphatic rings. The predicted molar refractivity (Wildman–Crippen MR) is 49.9 cm³/mol. The van der Waals surface area contributed by atoms with Gasteiger partial charge in [0.2, 0.25) is 0 Å². The highest BCUT2D eigenvalue weighted by molar-refractivity contribution is 5.84. The van der Waals surface area contributed by atoms with Gasteiger partial charge in [-0.1, -0.05) is 11.2 Å². The van der Waals surface area contributed by atoms with Gasteiger partial charge in [0, 0.05) is 6.07 Å². The summed E-state index contributed by atoms with van der Waals surface area (Å²) in [5, 5.41) is 11.1. The normalized spacial score (nSPS) is 13.7. The topological polar surface area (TPSA) is 67.8 Å². The number of halogens is 1. The Morgan fingerprint density at radius 3 is 2.93 bits per heavy atom. The zero-order valence-corrected chi connectivity index (χ0v) is 7.64. The molecule has 5 heteroatoms. The smallest absolute Gasteiger partial charge is 0.180 e. The zero-order chi connectivity index (χ0) is 10.6. The van der Waals surface area contributed by atoms with Gasteiger partial charge in [-0.15, -0.1) is 0 Å². The van der Waals surface area contributed by atoms with E-state index in [4.69, 9.17) is 15.7 Å². The Labute approximate surface area is 80.8 Å². The van der Waals surface area contributed by atoms with Crippen molar-refractivity contribution in [1.82, 2.24) is 0 Å². The van der Waals surface area contributed by atoms with E-state index in [1.54, 1.807) is 13.0 Å². The number of nitrogens with zero attached hydrogens (tertiary/aromatic N) is 1. The molecule has 1 rings (SSSR count). The predicted octanol–water partition coefficient (Wildman–Crippen LogP) is 1.34. The van der Waals surface area contributed by atoms with Crippen molar-refractivity contribution in [3.63, 3.8) is 0 Å². The van der Waals surface area contributed by atoms with Gasteiger partial charge in [0.05, 0.1) is 0 Å². The molecule has 1 atom stereocenters. The Morgan fingerprint density at radius 2 is 2.36 bits per heavy atom. The highest BCUT2D eigenvalue weighted by Gasteiger charge is 2.09. The third kappa shape index (κ3) is 2.62. The maximum Gasteiger partial charge on any atom is 0.180 e. The van der Waals surface area contributed by atoms with Crippen LogP contribution in [0.4, 0.5) is 4.39 Å². The van der Waals surface area contributed by atoms with Crippen molar-refractivity contribution in [2.75, 3.05) is 0 Å². The van der Waals surface area contributed by atoms with E-state index in [1.807, 2.05) is 0 Å². The summed E-state index contributed by atoms with van der Waals surface area (Å²) in [5.74, 6) is -0.118. The van der Waals surface area contributed by atoms with E-state index in [2.05, 4.69) is 5.16 Å². The molecule has 1 aromatic rings. The second kappa shape index (κ2) is 4.45. The molecule has 1 aromatic carbocycles. The molecule has 0 aromatic heterocycles. The number of oxime groups is 1. The molecule has 0 radical (unpaired) electrons. The molecule has 0 saturated carbocycles.